The van der Waals surface area contributed by atoms with Crippen LogP contribution in [0.3, 0.4) is 0 Å². The van der Waals surface area contributed by atoms with Crippen molar-refractivity contribution in [1.29, 1.82) is 0 Å². The SMILES string of the molecule is Cc1ccc2nc(-c3ccccc3)c(NC(=O)c3ccc(-n4ccnc4)nc3)n2c1. The van der Waals surface area contributed by atoms with Crippen molar-refractivity contribution < 1.29 is 4.79 Å². The Bertz CT molecular complexity index is 1320. The maximum absolute atomic E-state index is 13.0. The first-order valence-electron chi connectivity index (χ1n) is 9.49. The summed E-state index contributed by atoms with van der Waals surface area (Å²) in [6.45, 7) is 2.01. The van der Waals surface area contributed by atoms with Gasteiger partial charge in [0.15, 0.2) is 0 Å². The molecule has 0 aliphatic heterocycles. The summed E-state index contributed by atoms with van der Waals surface area (Å²) < 4.78 is 3.69. The predicted octanol–water partition coefficient (Wildman–Crippen LogP) is 4.14. The number of rotatable bonds is 4. The van der Waals surface area contributed by atoms with Crippen molar-refractivity contribution in [3.8, 4) is 17.1 Å². The van der Waals surface area contributed by atoms with E-state index in [0.29, 0.717) is 17.2 Å². The summed E-state index contributed by atoms with van der Waals surface area (Å²) in [4.78, 5) is 26.1. The van der Waals surface area contributed by atoms with Gasteiger partial charge in [-0.05, 0) is 30.7 Å². The van der Waals surface area contributed by atoms with Crippen LogP contribution in [0, 0.1) is 6.92 Å². The summed E-state index contributed by atoms with van der Waals surface area (Å²) in [5.74, 6) is 1.07. The third-order valence-corrected chi connectivity index (χ3v) is 4.82. The Labute approximate surface area is 172 Å². The fraction of sp³-hybridized carbons (Fsp3) is 0.0435. The molecule has 7 heteroatoms. The van der Waals surface area contributed by atoms with E-state index in [1.54, 1.807) is 41.6 Å². The molecule has 4 aromatic heterocycles. The molecule has 0 radical (unpaired) electrons. The molecule has 0 fully saturated rings. The first kappa shape index (κ1) is 17.8. The van der Waals surface area contributed by atoms with Gasteiger partial charge in [-0.2, -0.15) is 0 Å². The van der Waals surface area contributed by atoms with Crippen molar-refractivity contribution in [2.75, 3.05) is 5.32 Å². The molecule has 4 heterocycles. The average molecular weight is 394 g/mol. The number of hydrogen-bond acceptors (Lipinski definition) is 4. The minimum atomic E-state index is -0.250. The topological polar surface area (TPSA) is 77.1 Å². The Morgan fingerprint density at radius 2 is 1.90 bits per heavy atom. The highest BCUT2D eigenvalue weighted by Gasteiger charge is 2.17. The highest BCUT2D eigenvalue weighted by atomic mass is 16.1. The number of amides is 1. The molecule has 30 heavy (non-hydrogen) atoms. The average Bonchev–Trinajstić information content (AvgIpc) is 3.43. The van der Waals surface area contributed by atoms with E-state index >= 15 is 0 Å². The van der Waals surface area contributed by atoms with Gasteiger partial charge < -0.3 is 5.32 Å². The highest BCUT2D eigenvalue weighted by molar-refractivity contribution is 6.05. The van der Waals surface area contributed by atoms with E-state index < -0.39 is 0 Å². The Morgan fingerprint density at radius 1 is 1.03 bits per heavy atom. The molecule has 5 aromatic rings. The van der Waals surface area contributed by atoms with Crippen LogP contribution in [0.25, 0.3) is 22.7 Å². The van der Waals surface area contributed by atoms with Gasteiger partial charge in [0.05, 0.1) is 5.56 Å². The molecular formula is C23H18N6O. The number of aromatic nitrogens is 5. The zero-order valence-corrected chi connectivity index (χ0v) is 16.2. The van der Waals surface area contributed by atoms with Gasteiger partial charge in [0.1, 0.15) is 29.3 Å². The molecule has 0 unspecified atom stereocenters. The van der Waals surface area contributed by atoms with E-state index in [-0.39, 0.29) is 5.91 Å². The summed E-state index contributed by atoms with van der Waals surface area (Å²) in [7, 11) is 0. The van der Waals surface area contributed by atoms with Crippen molar-refractivity contribution >= 4 is 17.4 Å². The molecule has 5 rings (SSSR count). The number of hydrogen-bond donors (Lipinski definition) is 1. The van der Waals surface area contributed by atoms with Gasteiger partial charge in [-0.25, -0.2) is 15.0 Å². The van der Waals surface area contributed by atoms with E-state index in [2.05, 4.69) is 15.3 Å². The van der Waals surface area contributed by atoms with Gasteiger partial charge in [0.2, 0.25) is 0 Å². The van der Waals surface area contributed by atoms with Gasteiger partial charge in [-0.1, -0.05) is 36.4 Å². The quantitative estimate of drug-likeness (QED) is 0.497. The lowest BCUT2D eigenvalue weighted by atomic mass is 10.1. The minimum Gasteiger partial charge on any atom is -0.306 e. The lowest BCUT2D eigenvalue weighted by Crippen LogP contribution is -2.14. The number of benzene rings is 1. The first-order valence-corrected chi connectivity index (χ1v) is 9.49. The molecule has 1 N–H and O–H groups in total. The zero-order valence-electron chi connectivity index (χ0n) is 16.2. The number of aryl methyl sites for hydroxylation is 1. The molecule has 0 aliphatic carbocycles. The van der Waals surface area contributed by atoms with Crippen LogP contribution < -0.4 is 5.32 Å². The monoisotopic (exact) mass is 394 g/mol. The molecule has 1 aromatic carbocycles. The Balaban J connectivity index is 1.52. The number of nitrogens with zero attached hydrogens (tertiary/aromatic N) is 5. The van der Waals surface area contributed by atoms with E-state index in [1.165, 1.54) is 0 Å². The lowest BCUT2D eigenvalue weighted by molar-refractivity contribution is 0.102. The van der Waals surface area contributed by atoms with Crippen molar-refractivity contribution in [3.05, 3.63) is 96.8 Å². The van der Waals surface area contributed by atoms with E-state index in [9.17, 15) is 4.79 Å². The van der Waals surface area contributed by atoms with Gasteiger partial charge >= 0.3 is 0 Å². The van der Waals surface area contributed by atoms with Crippen molar-refractivity contribution in [3.63, 3.8) is 0 Å². The van der Waals surface area contributed by atoms with E-state index in [1.807, 2.05) is 60.0 Å². The summed E-state index contributed by atoms with van der Waals surface area (Å²) in [6, 6.07) is 17.3. The van der Waals surface area contributed by atoms with Crippen LogP contribution in [0.1, 0.15) is 15.9 Å². The molecular weight excluding hydrogens is 376 g/mol. The van der Waals surface area contributed by atoms with Gasteiger partial charge in [-0.3, -0.25) is 13.8 Å². The van der Waals surface area contributed by atoms with Crippen molar-refractivity contribution in [2.45, 2.75) is 6.92 Å². The Kier molecular flexibility index (Phi) is 4.33. The smallest absolute Gasteiger partial charge is 0.258 e. The van der Waals surface area contributed by atoms with Crippen LogP contribution in [0.2, 0.25) is 0 Å². The molecule has 7 nitrogen and oxygen atoms in total. The van der Waals surface area contributed by atoms with Crippen LogP contribution in [0.4, 0.5) is 5.82 Å². The normalized spacial score (nSPS) is 11.0. The molecule has 146 valence electrons. The van der Waals surface area contributed by atoms with E-state index in [4.69, 9.17) is 4.98 Å². The first-order chi connectivity index (χ1) is 14.7. The molecule has 1 amide bonds. The molecule has 0 aliphatic rings. The second kappa shape index (κ2) is 7.29. The van der Waals surface area contributed by atoms with Gasteiger partial charge in [-0.15, -0.1) is 0 Å². The number of nitrogens with one attached hydrogen (secondary N) is 1. The fourth-order valence-electron chi connectivity index (χ4n) is 3.32. The van der Waals surface area contributed by atoms with Crippen molar-refractivity contribution in [2.24, 2.45) is 0 Å². The van der Waals surface area contributed by atoms with E-state index in [0.717, 1.165) is 22.5 Å². The molecule has 0 saturated heterocycles. The Morgan fingerprint density at radius 3 is 2.63 bits per heavy atom. The highest BCUT2D eigenvalue weighted by Crippen LogP contribution is 2.29. The fourth-order valence-corrected chi connectivity index (χ4v) is 3.32. The minimum absolute atomic E-state index is 0.250. The van der Waals surface area contributed by atoms with Crippen LogP contribution in [0.15, 0.2) is 85.7 Å². The van der Waals surface area contributed by atoms with Crippen LogP contribution in [-0.4, -0.2) is 29.8 Å². The van der Waals surface area contributed by atoms with Crippen LogP contribution in [0.5, 0.6) is 0 Å². The van der Waals surface area contributed by atoms with Gasteiger partial charge in [0.25, 0.3) is 5.91 Å². The number of imidazole rings is 2. The number of carbonyl (C=O) groups is 1. The van der Waals surface area contributed by atoms with Crippen LogP contribution >= 0.6 is 0 Å². The number of fused-ring (bicyclic) bond motifs is 1. The third kappa shape index (κ3) is 3.22. The second-order valence-electron chi connectivity index (χ2n) is 6.94. The summed E-state index contributed by atoms with van der Waals surface area (Å²) in [6.07, 6.45) is 8.66. The Hall–Kier alpha value is -4.26. The summed E-state index contributed by atoms with van der Waals surface area (Å²) >= 11 is 0. The number of pyridine rings is 2. The third-order valence-electron chi connectivity index (χ3n) is 4.82. The standard InChI is InChI=1S/C23H18N6O/c1-16-7-9-20-26-21(17-5-3-2-4-6-17)22(29(20)14-16)27-23(30)18-8-10-19(25-13-18)28-12-11-24-15-28/h2-15H,1H3,(H,27,30). The molecule has 0 atom stereocenters. The second-order valence-corrected chi connectivity index (χ2v) is 6.94. The molecule has 0 saturated carbocycles. The lowest BCUT2D eigenvalue weighted by Gasteiger charge is -2.09. The number of carbonyl (C=O) groups excluding carboxylic acids is 1. The van der Waals surface area contributed by atoms with Crippen LogP contribution in [-0.2, 0) is 0 Å². The largest absolute Gasteiger partial charge is 0.306 e. The molecule has 0 bridgehead atoms. The van der Waals surface area contributed by atoms with Gasteiger partial charge in [0, 0.05) is 30.4 Å². The summed E-state index contributed by atoms with van der Waals surface area (Å²) in [5, 5.41) is 3.03. The predicted molar refractivity (Wildman–Crippen MR) is 115 cm³/mol. The maximum atomic E-state index is 13.0. The zero-order chi connectivity index (χ0) is 20.5. The van der Waals surface area contributed by atoms with Crippen molar-refractivity contribution in [1.82, 2.24) is 23.9 Å². The maximum Gasteiger partial charge on any atom is 0.258 e. The molecule has 0 spiro atoms. The number of anilines is 1. The summed E-state index contributed by atoms with van der Waals surface area (Å²) in [5.41, 5.74) is 3.95.